The van der Waals surface area contributed by atoms with Gasteiger partial charge in [0.2, 0.25) is 0 Å². The van der Waals surface area contributed by atoms with Gasteiger partial charge in [0.25, 0.3) is 0 Å². The van der Waals surface area contributed by atoms with Gasteiger partial charge >= 0.3 is 5.97 Å². The molecule has 0 aromatic carbocycles. The quantitative estimate of drug-likeness (QED) is 0.267. The topological polar surface area (TPSA) is 55.9 Å². The van der Waals surface area contributed by atoms with Crippen molar-refractivity contribution in [1.29, 1.82) is 0 Å². The molecular weight excluding hydrogens is 268 g/mol. The summed E-state index contributed by atoms with van der Waals surface area (Å²) in [6, 6.07) is 0. The predicted octanol–water partition coefficient (Wildman–Crippen LogP) is 3.58. The van der Waals surface area contributed by atoms with Crippen LogP contribution in [0, 0.1) is 0 Å². The van der Waals surface area contributed by atoms with Gasteiger partial charge in [0.05, 0.1) is 18.8 Å². The van der Waals surface area contributed by atoms with Crippen LogP contribution in [-0.4, -0.2) is 30.6 Å². The number of rotatable bonds is 10. The molecule has 1 rings (SSSR count). The first kappa shape index (κ1) is 17.9. The van der Waals surface area contributed by atoms with Crippen LogP contribution < -0.4 is 0 Å². The summed E-state index contributed by atoms with van der Waals surface area (Å²) in [6.07, 6.45) is 7.67. The number of Topliss-reactive ketones (excluding diaryl/α,β-unsaturated/α-hetero) is 1. The highest BCUT2D eigenvalue weighted by molar-refractivity contribution is 5.95. The molecule has 0 aliphatic carbocycles. The summed E-state index contributed by atoms with van der Waals surface area (Å²) in [5.41, 5.74) is 1.46. The molecule has 0 N–H and O–H groups in total. The summed E-state index contributed by atoms with van der Waals surface area (Å²) in [4.78, 5) is 22.5. The summed E-state index contributed by atoms with van der Waals surface area (Å²) in [5.74, 6) is -0.512. The lowest BCUT2D eigenvalue weighted by Crippen LogP contribution is -2.08. The Labute approximate surface area is 127 Å². The van der Waals surface area contributed by atoms with Crippen molar-refractivity contribution in [3.05, 3.63) is 11.6 Å². The van der Waals surface area contributed by atoms with Crippen LogP contribution in [-0.2, 0) is 19.1 Å². The van der Waals surface area contributed by atoms with Crippen LogP contribution in [0.1, 0.15) is 65.7 Å². The highest BCUT2D eigenvalue weighted by atomic mass is 16.6. The Bertz CT molecular complexity index is 400. The SMILES string of the molecule is CC/C(=C\CCC(=O)CC(=O)OC)CC[C@H]1O[C@@]1(C)CC. The van der Waals surface area contributed by atoms with Gasteiger partial charge in [0.1, 0.15) is 12.2 Å². The van der Waals surface area contributed by atoms with E-state index in [0.29, 0.717) is 18.9 Å². The maximum atomic E-state index is 11.5. The van der Waals surface area contributed by atoms with Gasteiger partial charge in [-0.1, -0.05) is 25.5 Å². The summed E-state index contributed by atoms with van der Waals surface area (Å²) in [7, 11) is 1.30. The van der Waals surface area contributed by atoms with Crippen molar-refractivity contribution >= 4 is 11.8 Å². The second-order valence-electron chi connectivity index (χ2n) is 5.86. The van der Waals surface area contributed by atoms with Gasteiger partial charge in [-0.05, 0) is 39.0 Å². The molecule has 0 bridgehead atoms. The lowest BCUT2D eigenvalue weighted by Gasteiger charge is -2.05. The molecule has 120 valence electrons. The van der Waals surface area contributed by atoms with Gasteiger partial charge in [-0.15, -0.1) is 0 Å². The van der Waals surface area contributed by atoms with Gasteiger partial charge in [-0.2, -0.15) is 0 Å². The fourth-order valence-electron chi connectivity index (χ4n) is 2.46. The average Bonchev–Trinajstić information content (AvgIpc) is 3.13. The van der Waals surface area contributed by atoms with Crippen LogP contribution in [0.4, 0.5) is 0 Å². The summed E-state index contributed by atoms with van der Waals surface area (Å²) < 4.78 is 10.2. The smallest absolute Gasteiger partial charge is 0.313 e. The van der Waals surface area contributed by atoms with E-state index in [2.05, 4.69) is 31.6 Å². The number of allylic oxidation sites excluding steroid dienone is 2. The van der Waals surface area contributed by atoms with Crippen molar-refractivity contribution in [1.82, 2.24) is 0 Å². The van der Waals surface area contributed by atoms with E-state index >= 15 is 0 Å². The average molecular weight is 296 g/mol. The molecule has 4 heteroatoms. The minimum atomic E-state index is -0.454. The third-order valence-electron chi connectivity index (χ3n) is 4.34. The predicted molar refractivity (Wildman–Crippen MR) is 82.1 cm³/mol. The van der Waals surface area contributed by atoms with E-state index in [1.54, 1.807) is 0 Å². The summed E-state index contributed by atoms with van der Waals surface area (Å²) >= 11 is 0. The van der Waals surface area contributed by atoms with Gasteiger partial charge in [-0.3, -0.25) is 9.59 Å². The molecule has 0 aromatic heterocycles. The maximum absolute atomic E-state index is 11.5. The molecule has 1 aliphatic rings. The minimum Gasteiger partial charge on any atom is -0.469 e. The number of carbonyl (C=O) groups excluding carboxylic acids is 2. The zero-order chi connectivity index (χ0) is 15.9. The Morgan fingerprint density at radius 2 is 2.00 bits per heavy atom. The zero-order valence-electron chi connectivity index (χ0n) is 13.7. The number of ether oxygens (including phenoxy) is 2. The van der Waals surface area contributed by atoms with Gasteiger partial charge in [-0.25, -0.2) is 0 Å². The van der Waals surface area contributed by atoms with Crippen molar-refractivity contribution < 1.29 is 19.1 Å². The van der Waals surface area contributed by atoms with Crippen molar-refractivity contribution in [3.63, 3.8) is 0 Å². The van der Waals surface area contributed by atoms with E-state index in [0.717, 1.165) is 25.7 Å². The van der Waals surface area contributed by atoms with Crippen molar-refractivity contribution in [2.45, 2.75) is 77.4 Å². The first-order valence-corrected chi connectivity index (χ1v) is 7.89. The fourth-order valence-corrected chi connectivity index (χ4v) is 2.46. The van der Waals surface area contributed by atoms with Crippen LogP contribution in [0.3, 0.4) is 0 Å². The van der Waals surface area contributed by atoms with Crippen LogP contribution in [0.15, 0.2) is 11.6 Å². The second kappa shape index (κ2) is 8.32. The molecule has 0 unspecified atom stereocenters. The largest absolute Gasteiger partial charge is 0.469 e. The normalized spacial score (nSPS) is 24.8. The number of hydrogen-bond donors (Lipinski definition) is 0. The Balaban J connectivity index is 2.26. The van der Waals surface area contributed by atoms with Crippen molar-refractivity contribution in [2.24, 2.45) is 0 Å². The Morgan fingerprint density at radius 1 is 1.29 bits per heavy atom. The molecule has 21 heavy (non-hydrogen) atoms. The van der Waals surface area contributed by atoms with Gasteiger partial charge < -0.3 is 9.47 Å². The van der Waals surface area contributed by atoms with Crippen molar-refractivity contribution in [2.75, 3.05) is 7.11 Å². The molecule has 0 saturated carbocycles. The number of ketones is 1. The molecule has 4 nitrogen and oxygen atoms in total. The Kier molecular flexibility index (Phi) is 7.09. The van der Waals surface area contributed by atoms with Gasteiger partial charge in [0, 0.05) is 6.42 Å². The third-order valence-corrected chi connectivity index (χ3v) is 4.34. The Hall–Kier alpha value is -1.16. The van der Waals surface area contributed by atoms with Crippen molar-refractivity contribution in [3.8, 4) is 0 Å². The molecule has 1 fully saturated rings. The van der Waals surface area contributed by atoms with Crippen LogP contribution in [0.25, 0.3) is 0 Å². The third kappa shape index (κ3) is 6.00. The van der Waals surface area contributed by atoms with E-state index in [1.165, 1.54) is 12.7 Å². The molecule has 1 saturated heterocycles. The van der Waals surface area contributed by atoms with E-state index in [4.69, 9.17) is 4.74 Å². The fraction of sp³-hybridized carbons (Fsp3) is 0.765. The molecule has 0 radical (unpaired) electrons. The molecule has 1 heterocycles. The number of methoxy groups -OCH3 is 1. The monoisotopic (exact) mass is 296 g/mol. The van der Waals surface area contributed by atoms with Crippen LogP contribution in [0.5, 0.6) is 0 Å². The van der Waals surface area contributed by atoms with Crippen LogP contribution in [0.2, 0.25) is 0 Å². The van der Waals surface area contributed by atoms with E-state index in [9.17, 15) is 9.59 Å². The number of hydrogen-bond acceptors (Lipinski definition) is 4. The molecule has 0 aromatic rings. The number of epoxide rings is 1. The second-order valence-corrected chi connectivity index (χ2v) is 5.86. The van der Waals surface area contributed by atoms with Crippen LogP contribution >= 0.6 is 0 Å². The zero-order valence-corrected chi connectivity index (χ0v) is 13.7. The molecular formula is C17H28O4. The molecule has 0 spiro atoms. The minimum absolute atomic E-state index is 0.0577. The molecule has 1 aliphatic heterocycles. The van der Waals surface area contributed by atoms with E-state index < -0.39 is 5.97 Å². The standard InChI is InChI=1S/C17H28O4/c1-5-13(10-11-15-17(3,6-2)21-15)8-7-9-14(18)12-16(19)20-4/h8,15H,5-7,9-12H2,1-4H3/b13-8+/t15-,17+/m1/s1. The lowest BCUT2D eigenvalue weighted by atomic mass is 9.97. The summed E-state index contributed by atoms with van der Waals surface area (Å²) in [6.45, 7) is 6.46. The molecule has 0 amide bonds. The lowest BCUT2D eigenvalue weighted by molar-refractivity contribution is -0.143. The van der Waals surface area contributed by atoms with E-state index in [-0.39, 0.29) is 17.8 Å². The first-order valence-electron chi connectivity index (χ1n) is 7.89. The van der Waals surface area contributed by atoms with Gasteiger partial charge in [0.15, 0.2) is 0 Å². The summed E-state index contributed by atoms with van der Waals surface area (Å²) in [5, 5.41) is 0. The van der Waals surface area contributed by atoms with E-state index in [1.807, 2.05) is 0 Å². The first-order chi connectivity index (χ1) is 9.95. The highest BCUT2D eigenvalue weighted by Gasteiger charge is 2.49. The highest BCUT2D eigenvalue weighted by Crippen LogP contribution is 2.42. The number of carbonyl (C=O) groups is 2. The Morgan fingerprint density at radius 3 is 2.52 bits per heavy atom. The number of esters is 1. The molecule has 2 atom stereocenters. The maximum Gasteiger partial charge on any atom is 0.313 e.